The molecule has 130 valence electrons. The summed E-state index contributed by atoms with van der Waals surface area (Å²) in [4.78, 5) is 11.8. The van der Waals surface area contributed by atoms with Gasteiger partial charge in [-0.25, -0.2) is 0 Å². The Morgan fingerprint density at radius 2 is 2.35 bits per heavy atom. The van der Waals surface area contributed by atoms with Crippen LogP contribution in [0, 0.1) is 6.92 Å². The maximum Gasteiger partial charge on any atom is 0.221 e. The molecule has 2 N–H and O–H groups in total. The molecule has 0 bridgehead atoms. The number of hydrogen-bond acceptors (Lipinski definition) is 4. The highest BCUT2D eigenvalue weighted by Crippen LogP contribution is 2.21. The average molecular weight is 379 g/mol. The number of ether oxygens (including phenoxy) is 1. The van der Waals surface area contributed by atoms with E-state index in [0.29, 0.717) is 30.6 Å². The number of nitrogens with one attached hydrogen (secondary N) is 2. The second-order valence-corrected chi connectivity index (χ2v) is 6.98. The number of benzene rings is 1. The predicted octanol–water partition coefficient (Wildman–Crippen LogP) is 3.05. The topological polar surface area (TPSA) is 50.4 Å². The lowest BCUT2D eigenvalue weighted by Gasteiger charge is -2.22. The molecule has 0 radical (unpaired) electrons. The van der Waals surface area contributed by atoms with Crippen molar-refractivity contribution in [3.8, 4) is 5.75 Å². The highest BCUT2D eigenvalue weighted by atomic mass is 35.5. The van der Waals surface area contributed by atoms with Gasteiger partial charge in [-0.05, 0) is 37.1 Å². The molecule has 0 saturated carbocycles. The van der Waals surface area contributed by atoms with Crippen molar-refractivity contribution in [3.05, 3.63) is 28.8 Å². The van der Waals surface area contributed by atoms with Crippen LogP contribution in [0.1, 0.15) is 18.4 Å². The maximum absolute atomic E-state index is 11.8. The molecule has 1 unspecified atom stereocenters. The third-order valence-corrected chi connectivity index (χ3v) is 4.83. The van der Waals surface area contributed by atoms with Crippen LogP contribution in [0.5, 0.6) is 5.75 Å². The molecule has 0 spiro atoms. The van der Waals surface area contributed by atoms with E-state index in [1.807, 2.05) is 36.9 Å². The fraction of sp³-hybridized carbons (Fsp3) is 0.562. The van der Waals surface area contributed by atoms with Crippen molar-refractivity contribution < 1.29 is 9.53 Å². The summed E-state index contributed by atoms with van der Waals surface area (Å²) in [5, 5.41) is 7.03. The molecule has 1 aromatic rings. The van der Waals surface area contributed by atoms with Crippen molar-refractivity contribution in [1.82, 2.24) is 10.6 Å². The second kappa shape index (κ2) is 11.0. The molecule has 2 rings (SSSR count). The molecule has 1 aliphatic rings. The Morgan fingerprint density at radius 1 is 1.52 bits per heavy atom. The smallest absolute Gasteiger partial charge is 0.221 e. The van der Waals surface area contributed by atoms with Crippen LogP contribution in [-0.2, 0) is 4.79 Å². The second-order valence-electron chi connectivity index (χ2n) is 5.39. The van der Waals surface area contributed by atoms with E-state index < -0.39 is 0 Å². The largest absolute Gasteiger partial charge is 0.493 e. The first kappa shape index (κ1) is 20.4. The van der Waals surface area contributed by atoms with Gasteiger partial charge >= 0.3 is 0 Å². The van der Waals surface area contributed by atoms with Gasteiger partial charge in [0.05, 0.1) is 6.61 Å². The van der Waals surface area contributed by atoms with Crippen LogP contribution in [0.25, 0.3) is 0 Å². The van der Waals surface area contributed by atoms with Gasteiger partial charge < -0.3 is 15.4 Å². The average Bonchev–Trinajstić information content (AvgIpc) is 2.50. The monoisotopic (exact) mass is 378 g/mol. The Hall–Kier alpha value is -0.620. The van der Waals surface area contributed by atoms with E-state index in [-0.39, 0.29) is 18.3 Å². The lowest BCUT2D eigenvalue weighted by Crippen LogP contribution is -2.41. The lowest BCUT2D eigenvalue weighted by molar-refractivity contribution is -0.121. The third kappa shape index (κ3) is 7.66. The first-order valence-corrected chi connectivity index (χ1v) is 9.15. The van der Waals surface area contributed by atoms with Crippen LogP contribution in [0.4, 0.5) is 0 Å². The first-order valence-electron chi connectivity index (χ1n) is 7.62. The highest BCUT2D eigenvalue weighted by molar-refractivity contribution is 7.99. The molecule has 4 nitrogen and oxygen atoms in total. The molecule has 23 heavy (non-hydrogen) atoms. The third-order valence-electron chi connectivity index (χ3n) is 3.47. The van der Waals surface area contributed by atoms with Gasteiger partial charge in [0.2, 0.25) is 5.91 Å². The molecule has 1 amide bonds. The minimum Gasteiger partial charge on any atom is -0.493 e. The zero-order chi connectivity index (χ0) is 15.8. The number of hydrogen-bond donors (Lipinski definition) is 2. The number of amides is 1. The van der Waals surface area contributed by atoms with Gasteiger partial charge in [-0.1, -0.05) is 11.6 Å². The molecule has 1 atom stereocenters. The van der Waals surface area contributed by atoms with E-state index in [9.17, 15) is 4.79 Å². The Kier molecular flexibility index (Phi) is 9.79. The zero-order valence-electron chi connectivity index (χ0n) is 13.3. The molecular weight excluding hydrogens is 355 g/mol. The Bertz CT molecular complexity index is 497. The van der Waals surface area contributed by atoms with E-state index in [4.69, 9.17) is 16.3 Å². The normalized spacial score (nSPS) is 17.2. The van der Waals surface area contributed by atoms with E-state index >= 15 is 0 Å². The Morgan fingerprint density at radius 3 is 3.04 bits per heavy atom. The molecule has 1 fully saturated rings. The van der Waals surface area contributed by atoms with E-state index in [0.717, 1.165) is 35.8 Å². The first-order chi connectivity index (χ1) is 10.6. The molecule has 1 aromatic carbocycles. The standard InChI is InChI=1S/C16H23ClN2O2S.ClH/c1-12-9-13(17)3-4-15(12)21-7-2-5-19-16(20)10-14-11-22-8-6-18-14;/h3-4,9,14,18H,2,5-8,10-11H2,1H3,(H,19,20);1H. The zero-order valence-corrected chi connectivity index (χ0v) is 15.7. The number of aryl methyl sites for hydroxylation is 1. The summed E-state index contributed by atoms with van der Waals surface area (Å²) in [5.41, 5.74) is 1.03. The van der Waals surface area contributed by atoms with Crippen molar-refractivity contribution in [1.29, 1.82) is 0 Å². The Labute approximate surface area is 153 Å². The van der Waals surface area contributed by atoms with E-state index in [1.54, 1.807) is 0 Å². The van der Waals surface area contributed by atoms with Crippen LogP contribution < -0.4 is 15.4 Å². The van der Waals surface area contributed by atoms with Gasteiger partial charge in [0.15, 0.2) is 0 Å². The summed E-state index contributed by atoms with van der Waals surface area (Å²) in [6, 6.07) is 5.89. The predicted molar refractivity (Wildman–Crippen MR) is 100 cm³/mol. The van der Waals surface area contributed by atoms with Gasteiger partial charge in [0, 0.05) is 42.1 Å². The maximum atomic E-state index is 11.8. The molecule has 1 aliphatic heterocycles. The van der Waals surface area contributed by atoms with Gasteiger partial charge in [-0.2, -0.15) is 11.8 Å². The summed E-state index contributed by atoms with van der Waals surface area (Å²) in [5.74, 6) is 3.12. The van der Waals surface area contributed by atoms with Crippen molar-refractivity contribution in [2.45, 2.75) is 25.8 Å². The minimum atomic E-state index is 0. The van der Waals surface area contributed by atoms with Crippen LogP contribution in [0.2, 0.25) is 5.02 Å². The number of thioether (sulfide) groups is 1. The molecule has 7 heteroatoms. The van der Waals surface area contributed by atoms with Crippen LogP contribution in [0.15, 0.2) is 18.2 Å². The SMILES string of the molecule is Cc1cc(Cl)ccc1OCCCNC(=O)CC1CSCCN1.Cl. The molecule has 0 aromatic heterocycles. The van der Waals surface area contributed by atoms with Gasteiger partial charge in [0.1, 0.15) is 5.75 Å². The fourth-order valence-corrected chi connectivity index (χ4v) is 3.48. The fourth-order valence-electron chi connectivity index (χ4n) is 2.30. The summed E-state index contributed by atoms with van der Waals surface area (Å²) in [6.45, 7) is 4.20. The number of rotatable bonds is 7. The van der Waals surface area contributed by atoms with Crippen molar-refractivity contribution in [3.63, 3.8) is 0 Å². The number of carbonyl (C=O) groups excluding carboxylic acids is 1. The summed E-state index contributed by atoms with van der Waals surface area (Å²) in [7, 11) is 0. The Balaban J connectivity index is 0.00000264. The van der Waals surface area contributed by atoms with Gasteiger partial charge in [0.25, 0.3) is 0 Å². The van der Waals surface area contributed by atoms with Gasteiger partial charge in [-0.3, -0.25) is 4.79 Å². The number of halogens is 2. The van der Waals surface area contributed by atoms with Crippen molar-refractivity contribution in [2.75, 3.05) is 31.2 Å². The molecule has 1 heterocycles. The minimum absolute atomic E-state index is 0. The molecule has 0 aliphatic carbocycles. The summed E-state index contributed by atoms with van der Waals surface area (Å²) < 4.78 is 5.70. The highest BCUT2D eigenvalue weighted by Gasteiger charge is 2.16. The van der Waals surface area contributed by atoms with Gasteiger partial charge in [-0.15, -0.1) is 12.4 Å². The van der Waals surface area contributed by atoms with E-state index in [1.165, 1.54) is 0 Å². The summed E-state index contributed by atoms with van der Waals surface area (Å²) in [6.07, 6.45) is 1.35. The number of carbonyl (C=O) groups is 1. The van der Waals surface area contributed by atoms with E-state index in [2.05, 4.69) is 10.6 Å². The quantitative estimate of drug-likeness (QED) is 0.715. The lowest BCUT2D eigenvalue weighted by atomic mass is 10.2. The van der Waals surface area contributed by atoms with Crippen LogP contribution in [-0.4, -0.2) is 43.2 Å². The molecular formula is C16H24Cl2N2O2S. The van der Waals surface area contributed by atoms with Crippen molar-refractivity contribution >= 4 is 41.7 Å². The molecule has 1 saturated heterocycles. The summed E-state index contributed by atoms with van der Waals surface area (Å²) >= 11 is 7.81. The van der Waals surface area contributed by atoms with Crippen LogP contribution in [0.3, 0.4) is 0 Å². The van der Waals surface area contributed by atoms with Crippen LogP contribution >= 0.6 is 35.8 Å². The van der Waals surface area contributed by atoms with Crippen molar-refractivity contribution in [2.24, 2.45) is 0 Å².